The van der Waals surface area contributed by atoms with Crippen molar-refractivity contribution in [3.8, 4) is 11.1 Å². The maximum Gasteiger partial charge on any atom is 0.274 e. The number of benzene rings is 2. The molecule has 0 atom stereocenters. The van der Waals surface area contributed by atoms with Gasteiger partial charge in [-0.2, -0.15) is 5.10 Å². The van der Waals surface area contributed by atoms with Gasteiger partial charge in [0.2, 0.25) is 0 Å². The molecule has 4 heteroatoms. The molecule has 28 heavy (non-hydrogen) atoms. The smallest absolute Gasteiger partial charge is 0.274 e. The van der Waals surface area contributed by atoms with Crippen molar-refractivity contribution < 1.29 is 4.79 Å². The summed E-state index contributed by atoms with van der Waals surface area (Å²) >= 11 is 0. The highest BCUT2D eigenvalue weighted by molar-refractivity contribution is 6.00. The van der Waals surface area contributed by atoms with Crippen molar-refractivity contribution in [3.05, 3.63) is 53.1 Å². The molecule has 1 aliphatic carbocycles. The summed E-state index contributed by atoms with van der Waals surface area (Å²) in [6.45, 7) is 5.59. The Morgan fingerprint density at radius 2 is 1.96 bits per heavy atom. The SMILES string of the molecule is CCNc1cccc(-c2cc(C)c3c(c2)CN(N=CC2CCCCC2)C3=O)c1. The van der Waals surface area contributed by atoms with Gasteiger partial charge in [-0.15, -0.1) is 0 Å². The molecule has 0 spiro atoms. The van der Waals surface area contributed by atoms with Gasteiger partial charge in [0.1, 0.15) is 0 Å². The Morgan fingerprint density at radius 1 is 1.14 bits per heavy atom. The summed E-state index contributed by atoms with van der Waals surface area (Å²) in [4.78, 5) is 12.9. The Morgan fingerprint density at radius 3 is 2.75 bits per heavy atom. The van der Waals surface area contributed by atoms with Crippen LogP contribution in [0, 0.1) is 12.8 Å². The van der Waals surface area contributed by atoms with Gasteiger partial charge in [0.05, 0.1) is 6.54 Å². The fourth-order valence-electron chi connectivity index (χ4n) is 4.38. The van der Waals surface area contributed by atoms with Crippen molar-refractivity contribution in [2.45, 2.75) is 52.5 Å². The molecule has 1 saturated carbocycles. The summed E-state index contributed by atoms with van der Waals surface area (Å²) in [5.41, 5.74) is 6.37. The highest BCUT2D eigenvalue weighted by Crippen LogP contribution is 2.32. The number of hydrogen-bond donors (Lipinski definition) is 1. The topological polar surface area (TPSA) is 44.7 Å². The molecule has 1 heterocycles. The van der Waals surface area contributed by atoms with Crippen molar-refractivity contribution in [1.29, 1.82) is 0 Å². The van der Waals surface area contributed by atoms with Crippen LogP contribution in [-0.4, -0.2) is 23.7 Å². The van der Waals surface area contributed by atoms with Crippen molar-refractivity contribution >= 4 is 17.8 Å². The van der Waals surface area contributed by atoms with Gasteiger partial charge in [-0.25, -0.2) is 5.01 Å². The molecule has 0 unspecified atom stereocenters. The van der Waals surface area contributed by atoms with E-state index in [1.54, 1.807) is 5.01 Å². The van der Waals surface area contributed by atoms with Crippen molar-refractivity contribution in [3.63, 3.8) is 0 Å². The number of hydrogen-bond acceptors (Lipinski definition) is 3. The minimum Gasteiger partial charge on any atom is -0.385 e. The largest absolute Gasteiger partial charge is 0.385 e. The van der Waals surface area contributed by atoms with Crippen LogP contribution in [0.25, 0.3) is 11.1 Å². The molecule has 0 bridgehead atoms. The lowest BCUT2D eigenvalue weighted by molar-refractivity contribution is 0.0783. The fraction of sp³-hybridized carbons (Fsp3) is 0.417. The second kappa shape index (κ2) is 8.17. The normalized spacial score (nSPS) is 17.4. The van der Waals surface area contributed by atoms with E-state index >= 15 is 0 Å². The van der Waals surface area contributed by atoms with Crippen LogP contribution in [-0.2, 0) is 6.54 Å². The molecule has 2 aromatic rings. The van der Waals surface area contributed by atoms with Gasteiger partial charge in [-0.05, 0) is 73.1 Å². The Labute approximate surface area is 167 Å². The summed E-state index contributed by atoms with van der Waals surface area (Å²) in [5, 5.41) is 9.58. The van der Waals surface area contributed by atoms with E-state index < -0.39 is 0 Å². The monoisotopic (exact) mass is 375 g/mol. The molecule has 146 valence electrons. The summed E-state index contributed by atoms with van der Waals surface area (Å²) < 4.78 is 0. The lowest BCUT2D eigenvalue weighted by atomic mass is 9.90. The number of carbonyl (C=O) groups is 1. The first-order valence-corrected chi connectivity index (χ1v) is 10.5. The molecule has 0 aromatic heterocycles. The molecule has 1 aliphatic heterocycles. The third kappa shape index (κ3) is 3.82. The third-order valence-corrected chi connectivity index (χ3v) is 5.83. The van der Waals surface area contributed by atoms with Gasteiger partial charge in [0.15, 0.2) is 0 Å². The first-order chi connectivity index (χ1) is 13.7. The van der Waals surface area contributed by atoms with E-state index in [-0.39, 0.29) is 5.91 Å². The predicted octanol–water partition coefficient (Wildman–Crippen LogP) is 5.62. The van der Waals surface area contributed by atoms with Crippen LogP contribution in [0.4, 0.5) is 5.69 Å². The van der Waals surface area contributed by atoms with Gasteiger partial charge in [0.25, 0.3) is 5.91 Å². The van der Waals surface area contributed by atoms with E-state index in [9.17, 15) is 4.79 Å². The number of nitrogens with zero attached hydrogens (tertiary/aromatic N) is 2. The lowest BCUT2D eigenvalue weighted by Crippen LogP contribution is -2.19. The van der Waals surface area contributed by atoms with Gasteiger partial charge in [-0.3, -0.25) is 4.79 Å². The third-order valence-electron chi connectivity index (χ3n) is 5.83. The second-order valence-corrected chi connectivity index (χ2v) is 7.96. The molecule has 4 nitrogen and oxygen atoms in total. The molecule has 2 aliphatic rings. The van der Waals surface area contributed by atoms with Crippen LogP contribution in [0.1, 0.15) is 60.5 Å². The first kappa shape index (κ1) is 18.7. The zero-order chi connectivity index (χ0) is 19.5. The predicted molar refractivity (Wildman–Crippen MR) is 116 cm³/mol. The van der Waals surface area contributed by atoms with Crippen LogP contribution >= 0.6 is 0 Å². The van der Waals surface area contributed by atoms with Crippen LogP contribution in [0.2, 0.25) is 0 Å². The van der Waals surface area contributed by atoms with Crippen LogP contribution in [0.3, 0.4) is 0 Å². The van der Waals surface area contributed by atoms with Crippen molar-refractivity contribution in [1.82, 2.24) is 5.01 Å². The minimum atomic E-state index is 0.0347. The van der Waals surface area contributed by atoms with Crippen LogP contribution < -0.4 is 5.32 Å². The number of aryl methyl sites for hydroxylation is 1. The van der Waals surface area contributed by atoms with E-state index in [0.29, 0.717) is 12.5 Å². The van der Waals surface area contributed by atoms with Gasteiger partial charge < -0.3 is 5.32 Å². The fourth-order valence-corrected chi connectivity index (χ4v) is 4.38. The number of anilines is 1. The molecule has 2 aromatic carbocycles. The maximum atomic E-state index is 12.9. The Hall–Kier alpha value is -2.62. The Balaban J connectivity index is 1.57. The average molecular weight is 376 g/mol. The van der Waals surface area contributed by atoms with E-state index in [2.05, 4.69) is 53.7 Å². The summed E-state index contributed by atoms with van der Waals surface area (Å²) in [7, 11) is 0. The van der Waals surface area contributed by atoms with Crippen LogP contribution in [0.5, 0.6) is 0 Å². The number of carbonyl (C=O) groups excluding carboxylic acids is 1. The van der Waals surface area contributed by atoms with E-state index in [0.717, 1.165) is 34.5 Å². The van der Waals surface area contributed by atoms with Gasteiger partial charge >= 0.3 is 0 Å². The van der Waals surface area contributed by atoms with Gasteiger partial charge in [-0.1, -0.05) is 37.5 Å². The average Bonchev–Trinajstić information content (AvgIpc) is 3.04. The summed E-state index contributed by atoms with van der Waals surface area (Å²) in [5.74, 6) is 0.559. The van der Waals surface area contributed by atoms with E-state index in [4.69, 9.17) is 0 Å². The molecule has 0 saturated heterocycles. The summed E-state index contributed by atoms with van der Waals surface area (Å²) in [6, 6.07) is 12.7. The molecule has 1 fully saturated rings. The molecule has 0 radical (unpaired) electrons. The zero-order valence-corrected chi connectivity index (χ0v) is 16.9. The second-order valence-electron chi connectivity index (χ2n) is 7.96. The molecule has 4 rings (SSSR count). The molecule has 1 N–H and O–H groups in total. The van der Waals surface area contributed by atoms with E-state index in [1.165, 1.54) is 37.7 Å². The standard InChI is InChI=1S/C24H29N3O/c1-3-25-22-11-7-10-19(14-22)20-12-17(2)23-21(13-20)16-27(24(23)28)26-15-18-8-5-4-6-9-18/h7,10-15,18,25H,3-6,8-9,16H2,1-2H3. The van der Waals surface area contributed by atoms with E-state index in [1.807, 2.05) is 13.1 Å². The Kier molecular flexibility index (Phi) is 5.47. The molecular weight excluding hydrogens is 346 g/mol. The molecular formula is C24H29N3O. The highest BCUT2D eigenvalue weighted by Gasteiger charge is 2.29. The molecule has 1 amide bonds. The zero-order valence-electron chi connectivity index (χ0n) is 16.9. The number of fused-ring (bicyclic) bond motifs is 1. The number of amides is 1. The highest BCUT2D eigenvalue weighted by atomic mass is 16.2. The number of nitrogens with one attached hydrogen (secondary N) is 1. The lowest BCUT2D eigenvalue weighted by Gasteiger charge is -2.18. The first-order valence-electron chi connectivity index (χ1n) is 10.5. The van der Waals surface area contributed by atoms with Crippen molar-refractivity contribution in [2.24, 2.45) is 11.0 Å². The van der Waals surface area contributed by atoms with Crippen LogP contribution in [0.15, 0.2) is 41.5 Å². The Bertz CT molecular complexity index is 897. The minimum absolute atomic E-state index is 0.0347. The van der Waals surface area contributed by atoms with Gasteiger partial charge in [0, 0.05) is 24.0 Å². The number of hydrazone groups is 1. The number of rotatable bonds is 5. The summed E-state index contributed by atoms with van der Waals surface area (Å²) in [6.07, 6.45) is 8.29. The van der Waals surface area contributed by atoms with Crippen molar-refractivity contribution in [2.75, 3.05) is 11.9 Å². The maximum absolute atomic E-state index is 12.9. The quantitative estimate of drug-likeness (QED) is 0.690.